The number of ether oxygens (including phenoxy) is 2. The van der Waals surface area contributed by atoms with Crippen molar-refractivity contribution in [3.05, 3.63) is 21.7 Å². The Morgan fingerprint density at radius 1 is 1.58 bits per heavy atom. The maximum absolute atomic E-state index is 11.6. The number of esters is 1. The molecular formula is C13H18N2O3S. The molecule has 1 unspecified atom stereocenters. The number of aromatic amines is 1. The van der Waals surface area contributed by atoms with Crippen LogP contribution in [0.4, 0.5) is 0 Å². The Balaban J connectivity index is 2.19. The smallest absolute Gasteiger partial charge is 0.342 e. The van der Waals surface area contributed by atoms with Gasteiger partial charge in [-0.2, -0.15) is 0 Å². The Kier molecular flexibility index (Phi) is 4.66. The van der Waals surface area contributed by atoms with Gasteiger partial charge in [-0.25, -0.2) is 9.78 Å². The van der Waals surface area contributed by atoms with E-state index >= 15 is 0 Å². The minimum atomic E-state index is -0.452. The Morgan fingerprint density at radius 2 is 2.37 bits per heavy atom. The fourth-order valence-corrected chi connectivity index (χ4v) is 2.62. The van der Waals surface area contributed by atoms with Crippen LogP contribution in [-0.4, -0.2) is 35.8 Å². The van der Waals surface area contributed by atoms with Gasteiger partial charge in [-0.1, -0.05) is 12.2 Å². The highest BCUT2D eigenvalue weighted by molar-refractivity contribution is 7.71. The predicted octanol–water partition coefficient (Wildman–Crippen LogP) is 2.35. The van der Waals surface area contributed by atoms with E-state index in [1.807, 2.05) is 0 Å². The lowest BCUT2D eigenvalue weighted by molar-refractivity contribution is 0.0156. The number of rotatable bonds is 3. The maximum atomic E-state index is 11.6. The van der Waals surface area contributed by atoms with Gasteiger partial charge in [-0.3, -0.25) is 0 Å². The quantitative estimate of drug-likeness (QED) is 0.681. The van der Waals surface area contributed by atoms with Crippen LogP contribution in [0.3, 0.4) is 0 Å². The number of nitrogens with one attached hydrogen (secondary N) is 1. The summed E-state index contributed by atoms with van der Waals surface area (Å²) in [5, 5.41) is 0. The lowest BCUT2D eigenvalue weighted by atomic mass is 10.1. The number of hydrogen-bond acceptors (Lipinski definition) is 5. The van der Waals surface area contributed by atoms with Crippen LogP contribution >= 0.6 is 12.2 Å². The molecule has 1 N–H and O–H groups in total. The van der Waals surface area contributed by atoms with Gasteiger partial charge in [0.25, 0.3) is 0 Å². The molecule has 1 aromatic heterocycles. The van der Waals surface area contributed by atoms with Gasteiger partial charge in [-0.15, -0.1) is 0 Å². The Bertz CT molecular complexity index is 521. The minimum absolute atomic E-state index is 0.190. The summed E-state index contributed by atoms with van der Waals surface area (Å²) in [6.07, 6.45) is 4.24. The average Bonchev–Trinajstić information content (AvgIpc) is 2.38. The molecule has 6 heteroatoms. The maximum Gasteiger partial charge on any atom is 0.342 e. The largest absolute Gasteiger partial charge is 0.465 e. The van der Waals surface area contributed by atoms with Crippen molar-refractivity contribution < 1.29 is 14.3 Å². The number of carbonyl (C=O) groups excluding carboxylic acids is 1. The molecule has 0 radical (unpaired) electrons. The second-order valence-corrected chi connectivity index (χ2v) is 5.06. The predicted molar refractivity (Wildman–Crippen MR) is 72.8 cm³/mol. The summed E-state index contributed by atoms with van der Waals surface area (Å²) < 4.78 is 10.7. The van der Waals surface area contributed by atoms with E-state index in [1.165, 1.54) is 13.5 Å². The van der Waals surface area contributed by atoms with Gasteiger partial charge < -0.3 is 14.5 Å². The summed E-state index contributed by atoms with van der Waals surface area (Å²) in [7, 11) is 1.33. The number of aromatic nitrogens is 2. The third kappa shape index (κ3) is 3.39. The summed E-state index contributed by atoms with van der Waals surface area (Å²) in [5.41, 5.74) is 1.03. The van der Waals surface area contributed by atoms with Crippen molar-refractivity contribution in [1.29, 1.82) is 0 Å². The summed E-state index contributed by atoms with van der Waals surface area (Å²) in [4.78, 5) is 19.0. The topological polar surface area (TPSA) is 64.2 Å². The first-order chi connectivity index (χ1) is 9.11. The summed E-state index contributed by atoms with van der Waals surface area (Å²) in [5.74, 6) is 0.314. The van der Waals surface area contributed by atoms with E-state index in [1.54, 1.807) is 6.92 Å². The molecule has 5 nitrogen and oxygen atoms in total. The van der Waals surface area contributed by atoms with Crippen LogP contribution in [0, 0.1) is 11.6 Å². The second kappa shape index (κ2) is 6.25. The third-order valence-corrected chi connectivity index (χ3v) is 3.54. The minimum Gasteiger partial charge on any atom is -0.465 e. The van der Waals surface area contributed by atoms with Crippen molar-refractivity contribution in [3.8, 4) is 0 Å². The number of carbonyl (C=O) groups is 1. The number of methoxy groups -OCH3 is 1. The molecule has 1 atom stereocenters. The monoisotopic (exact) mass is 282 g/mol. The van der Waals surface area contributed by atoms with Crippen LogP contribution in [0.2, 0.25) is 0 Å². The molecule has 2 heterocycles. The average molecular weight is 282 g/mol. The molecule has 1 fully saturated rings. The van der Waals surface area contributed by atoms with Crippen molar-refractivity contribution in [1.82, 2.24) is 9.97 Å². The van der Waals surface area contributed by atoms with E-state index in [0.29, 0.717) is 17.7 Å². The SMILES string of the molecule is COC(=O)c1c(C)[nH]c(CC2CCCCO2)nc1=S. The van der Waals surface area contributed by atoms with Crippen LogP contribution in [0.15, 0.2) is 0 Å². The zero-order valence-corrected chi connectivity index (χ0v) is 12.0. The van der Waals surface area contributed by atoms with Crippen LogP contribution in [0.5, 0.6) is 0 Å². The standard InChI is InChI=1S/C13H18N2O3S/c1-8-11(13(16)17-2)12(19)15-10(14-8)7-9-5-3-4-6-18-9/h9H,3-7H2,1-2H3,(H,14,15,19). The highest BCUT2D eigenvalue weighted by Crippen LogP contribution is 2.17. The van der Waals surface area contributed by atoms with Crippen LogP contribution in [0.25, 0.3) is 0 Å². The van der Waals surface area contributed by atoms with Gasteiger partial charge in [0, 0.05) is 18.7 Å². The molecule has 0 bridgehead atoms. The van der Waals surface area contributed by atoms with Gasteiger partial charge in [0.2, 0.25) is 0 Å². The van der Waals surface area contributed by atoms with E-state index in [9.17, 15) is 4.79 Å². The summed E-state index contributed by atoms with van der Waals surface area (Å²) >= 11 is 5.16. The molecule has 19 heavy (non-hydrogen) atoms. The van der Waals surface area contributed by atoms with Gasteiger partial charge in [0.1, 0.15) is 16.0 Å². The van der Waals surface area contributed by atoms with E-state index in [-0.39, 0.29) is 10.7 Å². The lowest BCUT2D eigenvalue weighted by Gasteiger charge is -2.22. The Hall–Kier alpha value is -1.27. The molecule has 1 aliphatic rings. The molecule has 0 saturated carbocycles. The van der Waals surface area contributed by atoms with E-state index in [2.05, 4.69) is 9.97 Å². The van der Waals surface area contributed by atoms with Crippen LogP contribution in [0.1, 0.15) is 41.1 Å². The van der Waals surface area contributed by atoms with E-state index in [0.717, 1.165) is 25.3 Å². The van der Waals surface area contributed by atoms with Crippen molar-refractivity contribution in [2.24, 2.45) is 0 Å². The van der Waals surface area contributed by atoms with Crippen molar-refractivity contribution in [3.63, 3.8) is 0 Å². The summed E-state index contributed by atoms with van der Waals surface area (Å²) in [6, 6.07) is 0. The zero-order valence-electron chi connectivity index (χ0n) is 11.2. The fourth-order valence-electron chi connectivity index (χ4n) is 2.27. The first kappa shape index (κ1) is 14.1. The normalized spacial score (nSPS) is 19.2. The van der Waals surface area contributed by atoms with E-state index in [4.69, 9.17) is 21.7 Å². The zero-order chi connectivity index (χ0) is 13.8. The van der Waals surface area contributed by atoms with Crippen LogP contribution in [-0.2, 0) is 15.9 Å². The fraction of sp³-hybridized carbons (Fsp3) is 0.615. The van der Waals surface area contributed by atoms with Gasteiger partial charge >= 0.3 is 5.97 Å². The lowest BCUT2D eigenvalue weighted by Crippen LogP contribution is -2.23. The number of H-pyrrole nitrogens is 1. The molecule has 104 valence electrons. The van der Waals surface area contributed by atoms with Crippen LogP contribution < -0.4 is 0 Å². The molecule has 0 aliphatic carbocycles. The third-order valence-electron chi connectivity index (χ3n) is 3.24. The van der Waals surface area contributed by atoms with Gasteiger partial charge in [0.15, 0.2) is 0 Å². The molecule has 1 aromatic rings. The number of nitrogens with zero attached hydrogens (tertiary/aromatic N) is 1. The molecule has 1 aliphatic heterocycles. The molecule has 0 aromatic carbocycles. The molecule has 1 saturated heterocycles. The number of hydrogen-bond donors (Lipinski definition) is 1. The van der Waals surface area contributed by atoms with E-state index < -0.39 is 5.97 Å². The highest BCUT2D eigenvalue weighted by atomic mass is 32.1. The second-order valence-electron chi connectivity index (χ2n) is 4.67. The van der Waals surface area contributed by atoms with Crippen molar-refractivity contribution in [2.45, 2.75) is 38.7 Å². The molecule has 0 amide bonds. The van der Waals surface area contributed by atoms with Gasteiger partial charge in [-0.05, 0) is 26.2 Å². The summed E-state index contributed by atoms with van der Waals surface area (Å²) in [6.45, 7) is 2.61. The molecule has 0 spiro atoms. The Morgan fingerprint density at radius 3 is 2.95 bits per heavy atom. The highest BCUT2D eigenvalue weighted by Gasteiger charge is 2.18. The Labute approximate surface area is 117 Å². The molecule has 2 rings (SSSR count). The van der Waals surface area contributed by atoms with Gasteiger partial charge in [0.05, 0.1) is 13.2 Å². The molecular weight excluding hydrogens is 264 g/mol. The van der Waals surface area contributed by atoms with Crippen molar-refractivity contribution >= 4 is 18.2 Å². The first-order valence-electron chi connectivity index (χ1n) is 6.41. The first-order valence-corrected chi connectivity index (χ1v) is 6.82. The van der Waals surface area contributed by atoms with Crippen molar-refractivity contribution in [2.75, 3.05) is 13.7 Å². The number of aryl methyl sites for hydroxylation is 1.